The third-order valence-electron chi connectivity index (χ3n) is 2.63. The van der Waals surface area contributed by atoms with E-state index in [1.807, 2.05) is 24.3 Å². The van der Waals surface area contributed by atoms with Crippen LogP contribution in [0, 0.1) is 0 Å². The number of hydrogen-bond acceptors (Lipinski definition) is 0. The van der Waals surface area contributed by atoms with E-state index in [4.69, 9.17) is 0 Å². The van der Waals surface area contributed by atoms with Crippen LogP contribution in [0.15, 0.2) is 66.9 Å². The number of allylic oxidation sites excluding steroid dienone is 4. The van der Waals surface area contributed by atoms with Gasteiger partial charge in [0.05, 0.1) is 0 Å². The molecule has 1 aromatic carbocycles. The molecule has 0 unspecified atom stereocenters. The minimum Gasteiger partial charge on any atom is -0.680 e. The molecule has 0 saturated carbocycles. The van der Waals surface area contributed by atoms with Gasteiger partial charge in [-0.2, -0.15) is 0 Å². The molecule has 0 saturated heterocycles. The summed E-state index contributed by atoms with van der Waals surface area (Å²) in [5, 5.41) is 4.53. The Labute approximate surface area is 117 Å². The molecular formula is C15H14NW-. The molecule has 2 heteroatoms. The van der Waals surface area contributed by atoms with Crippen molar-refractivity contribution in [2.24, 2.45) is 0 Å². The summed E-state index contributed by atoms with van der Waals surface area (Å²) < 4.78 is 0. The normalized spacial score (nSPS) is 19.8. The summed E-state index contributed by atoms with van der Waals surface area (Å²) in [4.78, 5) is 0. The van der Waals surface area contributed by atoms with Crippen LogP contribution < -0.4 is 0 Å². The molecule has 1 heterocycles. The maximum Gasteiger partial charge on any atom is 0 e. The van der Waals surface area contributed by atoms with Gasteiger partial charge in [-0.25, -0.2) is 0 Å². The molecule has 17 heavy (non-hydrogen) atoms. The quantitative estimate of drug-likeness (QED) is 0.716. The van der Waals surface area contributed by atoms with Gasteiger partial charge in [-0.3, -0.25) is 0 Å². The van der Waals surface area contributed by atoms with E-state index in [2.05, 4.69) is 36.7 Å². The molecule has 0 amide bonds. The van der Waals surface area contributed by atoms with Crippen molar-refractivity contribution in [2.45, 2.75) is 6.54 Å². The van der Waals surface area contributed by atoms with E-state index in [-0.39, 0.29) is 21.1 Å². The summed E-state index contributed by atoms with van der Waals surface area (Å²) in [6.45, 7) is 8.27. The minimum atomic E-state index is 0. The van der Waals surface area contributed by atoms with Crippen LogP contribution in [0.2, 0.25) is 0 Å². The van der Waals surface area contributed by atoms with Crippen molar-refractivity contribution < 1.29 is 21.1 Å². The van der Waals surface area contributed by atoms with Crippen molar-refractivity contribution >= 4 is 6.08 Å². The molecule has 1 aromatic rings. The average Bonchev–Trinajstić information content (AvgIpc) is 2.31. The first-order chi connectivity index (χ1) is 7.85. The molecule has 0 fully saturated rings. The fraction of sp³-hybridized carbons (Fsp3) is 0.0667. The molecule has 0 spiro atoms. The van der Waals surface area contributed by atoms with Crippen molar-refractivity contribution in [3.05, 3.63) is 83.4 Å². The Morgan fingerprint density at radius 1 is 1.06 bits per heavy atom. The van der Waals surface area contributed by atoms with Gasteiger partial charge >= 0.3 is 0 Å². The predicted molar refractivity (Wildman–Crippen MR) is 70.0 cm³/mol. The molecule has 1 nitrogen and oxygen atoms in total. The predicted octanol–water partition coefficient (Wildman–Crippen LogP) is 4.21. The summed E-state index contributed by atoms with van der Waals surface area (Å²) in [5.41, 5.74) is 4.38. The van der Waals surface area contributed by atoms with E-state index in [1.54, 1.807) is 6.08 Å². The van der Waals surface area contributed by atoms with Crippen LogP contribution in [0.25, 0.3) is 11.4 Å². The summed E-state index contributed by atoms with van der Waals surface area (Å²) >= 11 is 0. The third-order valence-corrected chi connectivity index (χ3v) is 2.63. The van der Waals surface area contributed by atoms with Gasteiger partial charge in [0.15, 0.2) is 0 Å². The van der Waals surface area contributed by atoms with Crippen LogP contribution in [0.1, 0.15) is 11.1 Å². The average molecular weight is 392 g/mol. The van der Waals surface area contributed by atoms with Crippen molar-refractivity contribution in [3.63, 3.8) is 0 Å². The Kier molecular flexibility index (Phi) is 5.18. The van der Waals surface area contributed by atoms with Crippen LogP contribution in [0.5, 0.6) is 0 Å². The molecule has 2 rings (SSSR count). The SMILES string of the molecule is C=CC1=C(\C=C)[N-]Cc2ccccc2/C=C\1.[W]. The van der Waals surface area contributed by atoms with E-state index < -0.39 is 0 Å². The molecule has 1 aliphatic rings. The van der Waals surface area contributed by atoms with Crippen molar-refractivity contribution in [3.8, 4) is 0 Å². The molecule has 86 valence electrons. The Morgan fingerprint density at radius 2 is 1.82 bits per heavy atom. The van der Waals surface area contributed by atoms with Gasteiger partial charge in [-0.15, -0.1) is 18.8 Å². The molecular weight excluding hydrogens is 378 g/mol. The van der Waals surface area contributed by atoms with E-state index in [1.165, 1.54) is 11.1 Å². The van der Waals surface area contributed by atoms with Crippen LogP contribution in [-0.2, 0) is 27.6 Å². The zero-order chi connectivity index (χ0) is 11.4. The van der Waals surface area contributed by atoms with Crippen molar-refractivity contribution in [1.29, 1.82) is 0 Å². The van der Waals surface area contributed by atoms with E-state index in [0.29, 0.717) is 6.54 Å². The van der Waals surface area contributed by atoms with Gasteiger partial charge in [-0.1, -0.05) is 60.7 Å². The number of rotatable bonds is 2. The Hall–Kier alpha value is -1.33. The van der Waals surface area contributed by atoms with Crippen molar-refractivity contribution in [2.75, 3.05) is 0 Å². The number of hydrogen-bond donors (Lipinski definition) is 0. The Bertz CT molecular complexity index is 483. The van der Waals surface area contributed by atoms with Crippen LogP contribution in [0.4, 0.5) is 0 Å². The maximum atomic E-state index is 4.53. The van der Waals surface area contributed by atoms with Crippen LogP contribution in [-0.4, -0.2) is 0 Å². The molecule has 0 atom stereocenters. The fourth-order valence-corrected chi connectivity index (χ4v) is 1.72. The first-order valence-electron chi connectivity index (χ1n) is 5.28. The Morgan fingerprint density at radius 3 is 2.53 bits per heavy atom. The minimum absolute atomic E-state index is 0. The molecule has 0 N–H and O–H groups in total. The summed E-state index contributed by atoms with van der Waals surface area (Å²) in [6, 6.07) is 8.27. The van der Waals surface area contributed by atoms with Crippen LogP contribution in [0.3, 0.4) is 0 Å². The summed E-state index contributed by atoms with van der Waals surface area (Å²) in [6.07, 6.45) is 7.72. The second-order valence-electron chi connectivity index (χ2n) is 3.60. The van der Waals surface area contributed by atoms with Crippen LogP contribution >= 0.6 is 0 Å². The van der Waals surface area contributed by atoms with E-state index in [9.17, 15) is 0 Å². The summed E-state index contributed by atoms with van der Waals surface area (Å²) in [7, 11) is 0. The van der Waals surface area contributed by atoms with Gasteiger partial charge in [0.1, 0.15) is 0 Å². The van der Waals surface area contributed by atoms with Gasteiger partial charge < -0.3 is 5.32 Å². The monoisotopic (exact) mass is 392 g/mol. The second-order valence-corrected chi connectivity index (χ2v) is 3.60. The first-order valence-corrected chi connectivity index (χ1v) is 5.28. The molecule has 0 bridgehead atoms. The Balaban J connectivity index is 0.00000144. The van der Waals surface area contributed by atoms with Gasteiger partial charge in [-0.05, 0) is 11.1 Å². The number of fused-ring (bicyclic) bond motifs is 1. The summed E-state index contributed by atoms with van der Waals surface area (Å²) in [5.74, 6) is 0. The second kappa shape index (κ2) is 6.42. The van der Waals surface area contributed by atoms with E-state index >= 15 is 0 Å². The fourth-order valence-electron chi connectivity index (χ4n) is 1.72. The van der Waals surface area contributed by atoms with Crippen molar-refractivity contribution in [1.82, 2.24) is 0 Å². The van der Waals surface area contributed by atoms with Gasteiger partial charge in [0.2, 0.25) is 0 Å². The zero-order valence-corrected chi connectivity index (χ0v) is 12.5. The van der Waals surface area contributed by atoms with Gasteiger partial charge in [0.25, 0.3) is 0 Å². The third kappa shape index (κ3) is 3.08. The number of benzene rings is 1. The number of nitrogens with zero attached hydrogens (tertiary/aromatic N) is 1. The molecule has 1 aliphatic heterocycles. The maximum absolute atomic E-state index is 4.53. The molecule has 0 aromatic heterocycles. The molecule has 0 radical (unpaired) electrons. The molecule has 0 aliphatic carbocycles. The standard InChI is InChI=1S/C15H14N.W/c1-3-12-9-10-13-7-5-6-8-14(13)11-16-15(12)4-2;/h3-10H,1-2,11H2;/q-1;/b10-9-,15-12-;. The zero-order valence-electron chi connectivity index (χ0n) is 9.60. The largest absolute Gasteiger partial charge is 0.680 e. The smallest absolute Gasteiger partial charge is 0 e. The first kappa shape index (κ1) is 13.7. The van der Waals surface area contributed by atoms with E-state index in [0.717, 1.165) is 11.3 Å². The topological polar surface area (TPSA) is 14.1 Å². The van der Waals surface area contributed by atoms with Gasteiger partial charge in [0, 0.05) is 21.1 Å².